The van der Waals surface area contributed by atoms with E-state index in [0.717, 1.165) is 4.90 Å². The number of carbonyl (C=O) groups excluding carboxylic acids is 3. The Labute approximate surface area is 99.8 Å². The second-order valence-corrected chi connectivity index (χ2v) is 3.44. The second-order valence-electron chi connectivity index (χ2n) is 3.44. The van der Waals surface area contributed by atoms with E-state index in [4.69, 9.17) is 4.74 Å². The number of nitrogens with zero attached hydrogens (tertiary/aromatic N) is 2. The summed E-state index contributed by atoms with van der Waals surface area (Å²) in [7, 11) is 0. The minimum atomic E-state index is -0.429. The Bertz CT molecular complexity index is 333. The third-order valence-electron chi connectivity index (χ3n) is 2.40. The minimum Gasteiger partial charge on any atom is -0.450 e. The van der Waals surface area contributed by atoms with Gasteiger partial charge in [0.2, 0.25) is 0 Å². The van der Waals surface area contributed by atoms with Crippen molar-refractivity contribution < 1.29 is 19.1 Å². The number of hydrogen-bond acceptors (Lipinski definition) is 4. The molecular formula is C11H16N2O4. The number of imide groups is 1. The summed E-state index contributed by atoms with van der Waals surface area (Å²) >= 11 is 0. The van der Waals surface area contributed by atoms with Gasteiger partial charge in [-0.3, -0.25) is 14.5 Å². The Morgan fingerprint density at radius 3 is 2.35 bits per heavy atom. The molecule has 0 aromatic rings. The molecule has 0 aromatic heterocycles. The highest BCUT2D eigenvalue weighted by molar-refractivity contribution is 6.12. The summed E-state index contributed by atoms with van der Waals surface area (Å²) < 4.78 is 4.85. The van der Waals surface area contributed by atoms with Gasteiger partial charge in [-0.05, 0) is 13.8 Å². The summed E-state index contributed by atoms with van der Waals surface area (Å²) in [6.07, 6.45) is 2.02. The van der Waals surface area contributed by atoms with Gasteiger partial charge in [0.15, 0.2) is 0 Å². The molecule has 1 aliphatic heterocycles. The third kappa shape index (κ3) is 3.30. The molecule has 94 valence electrons. The summed E-state index contributed by atoms with van der Waals surface area (Å²) in [6.45, 7) is 4.79. The lowest BCUT2D eigenvalue weighted by Gasteiger charge is -2.22. The molecule has 0 N–H and O–H groups in total. The molecule has 0 saturated carbocycles. The van der Waals surface area contributed by atoms with Crippen LogP contribution < -0.4 is 0 Å². The zero-order chi connectivity index (χ0) is 12.8. The molecule has 3 amide bonds. The lowest BCUT2D eigenvalue weighted by Crippen LogP contribution is -2.41. The molecule has 6 heteroatoms. The number of likely N-dealkylation sites (N-methyl/N-ethyl adjacent to an activating group) is 1. The smallest absolute Gasteiger partial charge is 0.409 e. The van der Waals surface area contributed by atoms with Crippen LogP contribution in [0.5, 0.6) is 0 Å². The molecule has 1 heterocycles. The Morgan fingerprint density at radius 1 is 1.29 bits per heavy atom. The van der Waals surface area contributed by atoms with Crippen LogP contribution in [0.25, 0.3) is 0 Å². The van der Waals surface area contributed by atoms with E-state index in [9.17, 15) is 14.4 Å². The topological polar surface area (TPSA) is 66.9 Å². The molecule has 17 heavy (non-hydrogen) atoms. The Morgan fingerprint density at radius 2 is 1.88 bits per heavy atom. The largest absolute Gasteiger partial charge is 0.450 e. The zero-order valence-electron chi connectivity index (χ0n) is 10.0. The van der Waals surface area contributed by atoms with Gasteiger partial charge in [-0.15, -0.1) is 0 Å². The highest BCUT2D eigenvalue weighted by Crippen LogP contribution is 2.04. The van der Waals surface area contributed by atoms with Crippen molar-refractivity contribution in [3.63, 3.8) is 0 Å². The first-order chi connectivity index (χ1) is 8.10. The van der Waals surface area contributed by atoms with Crippen LogP contribution in [0, 0.1) is 0 Å². The van der Waals surface area contributed by atoms with Crippen molar-refractivity contribution in [2.75, 3.05) is 26.2 Å². The third-order valence-corrected chi connectivity index (χ3v) is 2.40. The van der Waals surface area contributed by atoms with E-state index in [0.29, 0.717) is 13.2 Å². The summed E-state index contributed by atoms with van der Waals surface area (Å²) in [5, 5.41) is 0. The molecule has 0 bridgehead atoms. The Kier molecular flexibility index (Phi) is 4.68. The first-order valence-electron chi connectivity index (χ1n) is 5.55. The molecule has 6 nitrogen and oxygen atoms in total. The number of rotatable bonds is 5. The number of amides is 3. The average molecular weight is 240 g/mol. The number of ether oxygens (including phenoxy) is 1. The van der Waals surface area contributed by atoms with Gasteiger partial charge in [0.1, 0.15) is 0 Å². The fraction of sp³-hybridized carbons (Fsp3) is 0.545. The first kappa shape index (κ1) is 13.2. The van der Waals surface area contributed by atoms with Crippen molar-refractivity contribution in [3.8, 4) is 0 Å². The molecule has 0 spiro atoms. The fourth-order valence-electron chi connectivity index (χ4n) is 1.47. The quantitative estimate of drug-likeness (QED) is 0.652. The van der Waals surface area contributed by atoms with Crippen LogP contribution in [-0.4, -0.2) is 53.9 Å². The van der Waals surface area contributed by atoms with Gasteiger partial charge in [0, 0.05) is 31.8 Å². The van der Waals surface area contributed by atoms with E-state index in [1.54, 1.807) is 6.92 Å². The maximum absolute atomic E-state index is 11.4. The number of carbonyl (C=O) groups is 3. The molecule has 0 fully saturated rings. The summed E-state index contributed by atoms with van der Waals surface area (Å²) in [6, 6.07) is 0. The first-order valence-corrected chi connectivity index (χ1v) is 5.55. The van der Waals surface area contributed by atoms with Crippen LogP contribution in [0.3, 0.4) is 0 Å². The van der Waals surface area contributed by atoms with Gasteiger partial charge in [0.25, 0.3) is 11.8 Å². The van der Waals surface area contributed by atoms with Crippen LogP contribution >= 0.6 is 0 Å². The molecule has 0 atom stereocenters. The van der Waals surface area contributed by atoms with E-state index in [2.05, 4.69) is 0 Å². The Hall–Kier alpha value is -1.85. The van der Waals surface area contributed by atoms with Gasteiger partial charge in [0.05, 0.1) is 6.61 Å². The monoisotopic (exact) mass is 240 g/mol. The normalized spacial score (nSPS) is 14.4. The van der Waals surface area contributed by atoms with Crippen LogP contribution in [0.4, 0.5) is 4.79 Å². The molecule has 0 aliphatic carbocycles. The van der Waals surface area contributed by atoms with Gasteiger partial charge in [-0.1, -0.05) is 0 Å². The lowest BCUT2D eigenvalue weighted by molar-refractivity contribution is -0.136. The highest BCUT2D eigenvalue weighted by atomic mass is 16.6. The van der Waals surface area contributed by atoms with Crippen molar-refractivity contribution in [1.29, 1.82) is 0 Å². The second kappa shape index (κ2) is 6.03. The van der Waals surface area contributed by atoms with Crippen molar-refractivity contribution >= 4 is 17.9 Å². The summed E-state index contributed by atoms with van der Waals surface area (Å²) in [5.41, 5.74) is 0. The Balaban J connectivity index is 2.45. The standard InChI is InChI=1S/C11H16N2O4/c1-3-12(11(16)17-4-2)7-8-13-9(14)5-6-10(13)15/h5-6H,3-4,7-8H2,1-2H3. The van der Waals surface area contributed by atoms with Crippen molar-refractivity contribution in [2.45, 2.75) is 13.8 Å². The fourth-order valence-corrected chi connectivity index (χ4v) is 1.47. The summed E-state index contributed by atoms with van der Waals surface area (Å²) in [4.78, 5) is 36.5. The molecule has 0 aromatic carbocycles. The van der Waals surface area contributed by atoms with Crippen LogP contribution in [0.1, 0.15) is 13.8 Å². The van der Waals surface area contributed by atoms with E-state index < -0.39 is 6.09 Å². The highest BCUT2D eigenvalue weighted by Gasteiger charge is 2.24. The molecule has 0 saturated heterocycles. The van der Waals surface area contributed by atoms with Gasteiger partial charge in [-0.2, -0.15) is 0 Å². The molecular weight excluding hydrogens is 224 g/mol. The molecule has 0 unspecified atom stereocenters. The molecule has 1 rings (SSSR count). The lowest BCUT2D eigenvalue weighted by atomic mass is 10.4. The van der Waals surface area contributed by atoms with E-state index >= 15 is 0 Å². The van der Waals surface area contributed by atoms with Crippen molar-refractivity contribution in [3.05, 3.63) is 12.2 Å². The van der Waals surface area contributed by atoms with Gasteiger partial charge < -0.3 is 9.64 Å². The zero-order valence-corrected chi connectivity index (χ0v) is 10.0. The van der Waals surface area contributed by atoms with E-state index in [-0.39, 0.29) is 24.9 Å². The minimum absolute atomic E-state index is 0.192. The van der Waals surface area contributed by atoms with Crippen LogP contribution in [0.2, 0.25) is 0 Å². The molecule has 1 aliphatic rings. The van der Waals surface area contributed by atoms with Crippen molar-refractivity contribution in [1.82, 2.24) is 9.80 Å². The van der Waals surface area contributed by atoms with E-state index in [1.165, 1.54) is 17.1 Å². The van der Waals surface area contributed by atoms with Gasteiger partial charge in [-0.25, -0.2) is 4.79 Å². The van der Waals surface area contributed by atoms with Crippen LogP contribution in [-0.2, 0) is 14.3 Å². The van der Waals surface area contributed by atoms with Crippen molar-refractivity contribution in [2.24, 2.45) is 0 Å². The summed E-state index contributed by atoms with van der Waals surface area (Å²) in [5.74, 6) is -0.676. The maximum Gasteiger partial charge on any atom is 0.409 e. The average Bonchev–Trinajstić information content (AvgIpc) is 2.61. The molecule has 0 radical (unpaired) electrons. The predicted octanol–water partition coefficient (Wildman–Crippen LogP) is 0.390. The maximum atomic E-state index is 11.4. The predicted molar refractivity (Wildman–Crippen MR) is 60.1 cm³/mol. The SMILES string of the molecule is CCOC(=O)N(CC)CCN1C(=O)C=CC1=O. The number of hydrogen-bond donors (Lipinski definition) is 0. The van der Waals surface area contributed by atoms with Crippen LogP contribution in [0.15, 0.2) is 12.2 Å². The van der Waals surface area contributed by atoms with Gasteiger partial charge >= 0.3 is 6.09 Å². The van der Waals surface area contributed by atoms with E-state index in [1.807, 2.05) is 6.92 Å².